The fraction of sp³-hybridized carbons (Fsp3) is 0.600. The van der Waals surface area contributed by atoms with Gasteiger partial charge in [-0.2, -0.15) is 13.2 Å². The molecule has 1 aromatic rings. The van der Waals surface area contributed by atoms with Crippen LogP contribution in [0.5, 0.6) is 5.88 Å². The highest BCUT2D eigenvalue weighted by molar-refractivity contribution is 5.96. The van der Waals surface area contributed by atoms with E-state index in [-0.39, 0.29) is 17.5 Å². The Morgan fingerprint density at radius 3 is 2.83 bits per heavy atom. The minimum Gasteiger partial charge on any atom is -0.467 e. The van der Waals surface area contributed by atoms with E-state index >= 15 is 0 Å². The number of nitrogens with zero attached hydrogens (tertiary/aromatic N) is 2. The second-order valence-electron chi connectivity index (χ2n) is 5.47. The largest absolute Gasteiger partial charge is 0.467 e. The van der Waals surface area contributed by atoms with Crippen molar-refractivity contribution in [1.29, 1.82) is 0 Å². The quantitative estimate of drug-likeness (QED) is 0.844. The predicted molar refractivity (Wildman–Crippen MR) is 80.0 cm³/mol. The summed E-state index contributed by atoms with van der Waals surface area (Å²) < 4.78 is 46.7. The van der Waals surface area contributed by atoms with Crippen molar-refractivity contribution < 1.29 is 27.4 Å². The Morgan fingerprint density at radius 2 is 2.17 bits per heavy atom. The first kappa shape index (κ1) is 18.5. The van der Waals surface area contributed by atoms with Gasteiger partial charge in [0.15, 0.2) is 6.61 Å². The van der Waals surface area contributed by atoms with Gasteiger partial charge in [-0.1, -0.05) is 0 Å². The molecule has 6 nitrogen and oxygen atoms in total. The van der Waals surface area contributed by atoms with Gasteiger partial charge in [0.2, 0.25) is 5.88 Å². The smallest absolute Gasteiger partial charge is 0.422 e. The third-order valence-corrected chi connectivity index (χ3v) is 3.62. The van der Waals surface area contributed by atoms with Gasteiger partial charge in [-0.15, -0.1) is 0 Å². The summed E-state index contributed by atoms with van der Waals surface area (Å²) in [5, 5.41) is 2.71. The Bertz CT molecular complexity index is 548. The second-order valence-corrected chi connectivity index (χ2v) is 5.47. The summed E-state index contributed by atoms with van der Waals surface area (Å²) in [5.74, 6) is -0.841. The highest BCUT2D eigenvalue weighted by atomic mass is 19.4. The molecule has 0 aromatic carbocycles. The van der Waals surface area contributed by atoms with E-state index in [1.165, 1.54) is 18.3 Å². The van der Waals surface area contributed by atoms with Crippen LogP contribution in [0.2, 0.25) is 0 Å². The standard InChI is InChI=1S/C15H20F3N3O3/c1-11(21-5-7-23-8-6-21)9-20-13(22)12-3-2-4-19-14(12)24-10-15(16,17)18/h2-4,11H,5-10H2,1H3,(H,20,22)/t11-/m1/s1. The van der Waals surface area contributed by atoms with Crippen molar-refractivity contribution in [2.75, 3.05) is 39.5 Å². The van der Waals surface area contributed by atoms with Crippen LogP contribution in [0.15, 0.2) is 18.3 Å². The molecular weight excluding hydrogens is 327 g/mol. The van der Waals surface area contributed by atoms with E-state index in [9.17, 15) is 18.0 Å². The topological polar surface area (TPSA) is 63.7 Å². The van der Waals surface area contributed by atoms with Crippen LogP contribution in [0.1, 0.15) is 17.3 Å². The summed E-state index contributed by atoms with van der Waals surface area (Å²) in [7, 11) is 0. The highest BCUT2D eigenvalue weighted by Gasteiger charge is 2.29. The number of morpholine rings is 1. The third kappa shape index (κ3) is 5.64. The lowest BCUT2D eigenvalue weighted by Gasteiger charge is -2.32. The van der Waals surface area contributed by atoms with E-state index in [0.29, 0.717) is 19.8 Å². The lowest BCUT2D eigenvalue weighted by atomic mass is 10.2. The van der Waals surface area contributed by atoms with Crippen molar-refractivity contribution in [3.8, 4) is 5.88 Å². The predicted octanol–water partition coefficient (Wildman–Crippen LogP) is 1.47. The van der Waals surface area contributed by atoms with Crippen LogP contribution < -0.4 is 10.1 Å². The zero-order chi connectivity index (χ0) is 17.6. The third-order valence-electron chi connectivity index (χ3n) is 3.62. The minimum atomic E-state index is -4.49. The fourth-order valence-electron chi connectivity index (χ4n) is 2.31. The number of rotatable bonds is 6. The average molecular weight is 347 g/mol. The number of hydrogen-bond acceptors (Lipinski definition) is 5. The monoisotopic (exact) mass is 347 g/mol. The first-order chi connectivity index (χ1) is 11.4. The number of ether oxygens (including phenoxy) is 2. The minimum absolute atomic E-state index is 0.0177. The highest BCUT2D eigenvalue weighted by Crippen LogP contribution is 2.20. The molecule has 0 spiro atoms. The number of pyridine rings is 1. The van der Waals surface area contributed by atoms with Crippen LogP contribution in [-0.4, -0.2) is 67.5 Å². The molecule has 1 fully saturated rings. The number of halogens is 3. The average Bonchev–Trinajstić information content (AvgIpc) is 2.58. The number of amides is 1. The van der Waals surface area contributed by atoms with Crippen molar-refractivity contribution in [3.63, 3.8) is 0 Å². The first-order valence-electron chi connectivity index (χ1n) is 7.61. The van der Waals surface area contributed by atoms with E-state index in [4.69, 9.17) is 4.74 Å². The zero-order valence-corrected chi connectivity index (χ0v) is 13.3. The van der Waals surface area contributed by atoms with E-state index in [1.807, 2.05) is 6.92 Å². The van der Waals surface area contributed by atoms with Crippen molar-refractivity contribution in [1.82, 2.24) is 15.2 Å². The number of carbonyl (C=O) groups is 1. The van der Waals surface area contributed by atoms with Crippen LogP contribution >= 0.6 is 0 Å². The van der Waals surface area contributed by atoms with Gasteiger partial charge in [-0.3, -0.25) is 9.69 Å². The van der Waals surface area contributed by atoms with Gasteiger partial charge in [-0.05, 0) is 19.1 Å². The van der Waals surface area contributed by atoms with Gasteiger partial charge >= 0.3 is 6.18 Å². The van der Waals surface area contributed by atoms with Gasteiger partial charge in [0.05, 0.1) is 13.2 Å². The molecule has 1 aromatic heterocycles. The maximum absolute atomic E-state index is 12.3. The molecule has 1 N–H and O–H groups in total. The molecule has 2 rings (SSSR count). The van der Waals surface area contributed by atoms with Crippen LogP contribution in [0.4, 0.5) is 13.2 Å². The van der Waals surface area contributed by atoms with E-state index in [2.05, 4.69) is 19.9 Å². The summed E-state index contributed by atoms with van der Waals surface area (Å²) in [6.07, 6.45) is -3.21. The maximum Gasteiger partial charge on any atom is 0.422 e. The van der Waals surface area contributed by atoms with E-state index in [1.54, 1.807) is 0 Å². The molecule has 1 amide bonds. The first-order valence-corrected chi connectivity index (χ1v) is 7.61. The molecule has 24 heavy (non-hydrogen) atoms. The molecule has 0 unspecified atom stereocenters. The molecular formula is C15H20F3N3O3. The van der Waals surface area contributed by atoms with Crippen molar-refractivity contribution in [3.05, 3.63) is 23.9 Å². The molecule has 1 saturated heterocycles. The van der Waals surface area contributed by atoms with Crippen molar-refractivity contribution in [2.24, 2.45) is 0 Å². The molecule has 1 atom stereocenters. The van der Waals surface area contributed by atoms with Gasteiger partial charge < -0.3 is 14.8 Å². The number of alkyl halides is 3. The van der Waals surface area contributed by atoms with Crippen LogP contribution in [-0.2, 0) is 4.74 Å². The Morgan fingerprint density at radius 1 is 1.46 bits per heavy atom. The van der Waals surface area contributed by atoms with E-state index in [0.717, 1.165) is 13.1 Å². The lowest BCUT2D eigenvalue weighted by Crippen LogP contribution is -2.47. The Balaban J connectivity index is 1.91. The Hall–Kier alpha value is -1.87. The van der Waals surface area contributed by atoms with Crippen LogP contribution in [0, 0.1) is 0 Å². The summed E-state index contributed by atoms with van der Waals surface area (Å²) in [5.41, 5.74) is -0.0177. The van der Waals surface area contributed by atoms with E-state index < -0.39 is 18.7 Å². The normalized spacial score (nSPS) is 17.3. The van der Waals surface area contributed by atoms with Gasteiger partial charge in [-0.25, -0.2) is 4.98 Å². The maximum atomic E-state index is 12.3. The number of nitrogens with one attached hydrogen (secondary N) is 1. The van der Waals surface area contributed by atoms with Gasteiger partial charge in [0.25, 0.3) is 5.91 Å². The summed E-state index contributed by atoms with van der Waals surface area (Å²) in [6.45, 7) is 3.71. The molecule has 1 aliphatic rings. The molecule has 134 valence electrons. The number of carbonyl (C=O) groups excluding carboxylic acids is 1. The summed E-state index contributed by atoms with van der Waals surface area (Å²) >= 11 is 0. The SMILES string of the molecule is C[C@H](CNC(=O)c1cccnc1OCC(F)(F)F)N1CCOCC1. The molecule has 9 heteroatoms. The Kier molecular flexibility index (Phi) is 6.38. The molecule has 2 heterocycles. The molecule has 0 aliphatic carbocycles. The summed E-state index contributed by atoms with van der Waals surface area (Å²) in [4.78, 5) is 18.1. The zero-order valence-electron chi connectivity index (χ0n) is 13.3. The molecule has 0 radical (unpaired) electrons. The van der Waals surface area contributed by atoms with Gasteiger partial charge in [0.1, 0.15) is 5.56 Å². The number of aromatic nitrogens is 1. The molecule has 0 bridgehead atoms. The van der Waals surface area contributed by atoms with Crippen LogP contribution in [0.3, 0.4) is 0 Å². The van der Waals surface area contributed by atoms with Crippen LogP contribution in [0.25, 0.3) is 0 Å². The van der Waals surface area contributed by atoms with Gasteiger partial charge in [0, 0.05) is 31.9 Å². The molecule has 0 saturated carbocycles. The van der Waals surface area contributed by atoms with Crippen molar-refractivity contribution >= 4 is 5.91 Å². The molecule has 1 aliphatic heterocycles. The second kappa shape index (κ2) is 8.29. The Labute approximate surface area is 137 Å². The fourth-order valence-corrected chi connectivity index (χ4v) is 2.31. The number of hydrogen-bond donors (Lipinski definition) is 1. The summed E-state index contributed by atoms with van der Waals surface area (Å²) in [6, 6.07) is 2.95. The van der Waals surface area contributed by atoms with Crippen molar-refractivity contribution in [2.45, 2.75) is 19.1 Å². The lowest BCUT2D eigenvalue weighted by molar-refractivity contribution is -0.154.